The maximum atomic E-state index is 12.5. The van der Waals surface area contributed by atoms with Gasteiger partial charge < -0.3 is 10.2 Å². The third-order valence-electron chi connectivity index (χ3n) is 5.82. The number of nitrogens with one attached hydrogen (secondary N) is 1. The van der Waals surface area contributed by atoms with Crippen LogP contribution in [0.4, 0.5) is 0 Å². The predicted molar refractivity (Wildman–Crippen MR) is 102 cm³/mol. The van der Waals surface area contributed by atoms with E-state index in [0.29, 0.717) is 5.91 Å². The van der Waals surface area contributed by atoms with Gasteiger partial charge in [0.1, 0.15) is 0 Å². The number of carbonyl (C=O) groups excluding carboxylic acids is 1. The molecule has 6 heteroatoms. The van der Waals surface area contributed by atoms with E-state index in [4.69, 9.17) is 0 Å². The minimum atomic E-state index is 0.394. The fraction of sp³-hybridized carbons (Fsp3) is 0.941. The zero-order chi connectivity index (χ0) is 16.1. The van der Waals surface area contributed by atoms with E-state index in [1.807, 2.05) is 0 Å². The summed E-state index contributed by atoms with van der Waals surface area (Å²) in [6.45, 7) is 8.71. The average Bonchev–Trinajstić information content (AvgIpc) is 2.61. The van der Waals surface area contributed by atoms with Crippen LogP contribution < -0.4 is 5.32 Å². The Morgan fingerprint density at radius 3 is 2.26 bits per heavy atom. The van der Waals surface area contributed by atoms with Crippen molar-refractivity contribution in [1.82, 2.24) is 18.2 Å². The van der Waals surface area contributed by atoms with Crippen LogP contribution in [-0.2, 0) is 4.79 Å². The summed E-state index contributed by atoms with van der Waals surface area (Å²) in [7, 11) is 0. The van der Waals surface area contributed by atoms with E-state index in [1.54, 1.807) is 0 Å². The quantitative estimate of drug-likeness (QED) is 0.541. The van der Waals surface area contributed by atoms with E-state index < -0.39 is 0 Å². The Bertz CT molecular complexity index is 373. The molecule has 0 saturated carbocycles. The third-order valence-corrected chi connectivity index (χ3v) is 6.78. The lowest BCUT2D eigenvalue weighted by Gasteiger charge is -2.42. The number of piperidine rings is 2. The normalized spacial score (nSPS) is 26.6. The van der Waals surface area contributed by atoms with E-state index in [1.165, 1.54) is 38.8 Å². The monoisotopic (exact) mass is 434 g/mol. The van der Waals surface area contributed by atoms with Crippen molar-refractivity contribution in [2.24, 2.45) is 5.92 Å². The van der Waals surface area contributed by atoms with Gasteiger partial charge in [0, 0.05) is 74.6 Å². The molecule has 0 aliphatic carbocycles. The van der Waals surface area contributed by atoms with Crippen molar-refractivity contribution in [2.75, 3.05) is 52.4 Å². The van der Waals surface area contributed by atoms with Gasteiger partial charge in [-0.15, -0.1) is 0 Å². The first-order chi connectivity index (χ1) is 11.2. The fourth-order valence-corrected chi connectivity index (χ4v) is 4.75. The number of hydrogen-bond acceptors (Lipinski definition) is 4. The molecule has 0 spiro atoms. The van der Waals surface area contributed by atoms with Crippen molar-refractivity contribution in [1.29, 1.82) is 0 Å². The van der Waals surface area contributed by atoms with Gasteiger partial charge in [0.25, 0.3) is 0 Å². The van der Waals surface area contributed by atoms with Crippen molar-refractivity contribution < 1.29 is 4.79 Å². The molecular formula is C17H31IN4O. The molecule has 0 atom stereocenters. The Labute approximate surface area is 154 Å². The Morgan fingerprint density at radius 1 is 0.957 bits per heavy atom. The van der Waals surface area contributed by atoms with Gasteiger partial charge >= 0.3 is 0 Å². The molecule has 23 heavy (non-hydrogen) atoms. The molecule has 3 fully saturated rings. The summed E-state index contributed by atoms with van der Waals surface area (Å²) in [5, 5.41) is 3.40. The molecule has 0 aromatic heterocycles. The summed E-state index contributed by atoms with van der Waals surface area (Å²) in [5.74, 6) is 1.16. The minimum absolute atomic E-state index is 0.394. The zero-order valence-corrected chi connectivity index (χ0v) is 16.3. The highest BCUT2D eigenvalue weighted by Crippen LogP contribution is 2.21. The highest BCUT2D eigenvalue weighted by Gasteiger charge is 2.28. The van der Waals surface area contributed by atoms with Gasteiger partial charge in [0.15, 0.2) is 0 Å². The van der Waals surface area contributed by atoms with Gasteiger partial charge in [-0.1, -0.05) is 0 Å². The van der Waals surface area contributed by atoms with Crippen LogP contribution in [0.15, 0.2) is 0 Å². The first-order valence-corrected chi connectivity index (χ1v) is 10.3. The summed E-state index contributed by atoms with van der Waals surface area (Å²) in [6, 6.07) is 0.744. The van der Waals surface area contributed by atoms with Crippen LogP contribution in [0.1, 0.15) is 38.5 Å². The third kappa shape index (κ3) is 5.28. The summed E-state index contributed by atoms with van der Waals surface area (Å²) in [6.07, 6.45) is 6.92. The summed E-state index contributed by atoms with van der Waals surface area (Å²) >= 11 is 2.43. The number of halogens is 1. The number of piperazine rings is 1. The van der Waals surface area contributed by atoms with Crippen molar-refractivity contribution in [3.8, 4) is 0 Å². The van der Waals surface area contributed by atoms with Crippen LogP contribution in [-0.4, -0.2) is 77.2 Å². The van der Waals surface area contributed by atoms with Crippen LogP contribution in [0.5, 0.6) is 0 Å². The zero-order valence-electron chi connectivity index (χ0n) is 14.2. The second-order valence-electron chi connectivity index (χ2n) is 7.29. The summed E-state index contributed by atoms with van der Waals surface area (Å²) in [5.41, 5.74) is 0. The van der Waals surface area contributed by atoms with Gasteiger partial charge in [0.05, 0.1) is 0 Å². The number of nitrogens with zero attached hydrogens (tertiary/aromatic N) is 3. The Morgan fingerprint density at radius 2 is 1.61 bits per heavy atom. The standard InChI is InChI=1S/C17H31IN4O/c18-22-9-5-16(6-10-22)20-11-13-21(14-12-20)17(23)2-1-15-3-7-19-8-4-15/h15-16,19H,1-14H2. The molecule has 132 valence electrons. The molecule has 0 radical (unpaired) electrons. The van der Waals surface area contributed by atoms with Crippen LogP contribution in [0.3, 0.4) is 0 Å². The molecule has 1 amide bonds. The number of hydrogen-bond donors (Lipinski definition) is 1. The smallest absolute Gasteiger partial charge is 0.222 e. The van der Waals surface area contributed by atoms with Gasteiger partial charge in [-0.3, -0.25) is 9.69 Å². The van der Waals surface area contributed by atoms with Gasteiger partial charge in [0.2, 0.25) is 5.91 Å². The van der Waals surface area contributed by atoms with Crippen LogP contribution in [0.25, 0.3) is 0 Å². The van der Waals surface area contributed by atoms with Crippen molar-refractivity contribution in [3.63, 3.8) is 0 Å². The molecule has 0 aromatic rings. The topological polar surface area (TPSA) is 38.8 Å². The van der Waals surface area contributed by atoms with E-state index in [-0.39, 0.29) is 0 Å². The molecular weight excluding hydrogens is 403 g/mol. The molecule has 3 aliphatic rings. The van der Waals surface area contributed by atoms with E-state index in [0.717, 1.165) is 64.1 Å². The first-order valence-electron chi connectivity index (χ1n) is 9.35. The molecule has 3 heterocycles. The maximum Gasteiger partial charge on any atom is 0.222 e. The second-order valence-corrected chi connectivity index (χ2v) is 8.65. The lowest BCUT2D eigenvalue weighted by Crippen LogP contribution is -2.53. The van der Waals surface area contributed by atoms with E-state index in [9.17, 15) is 4.79 Å². The van der Waals surface area contributed by atoms with Crippen molar-refractivity contribution >= 4 is 28.8 Å². The Hall–Kier alpha value is 0.0800. The maximum absolute atomic E-state index is 12.5. The lowest BCUT2D eigenvalue weighted by molar-refractivity contribution is -0.133. The van der Waals surface area contributed by atoms with Crippen LogP contribution in [0.2, 0.25) is 0 Å². The molecule has 3 rings (SSSR count). The second kappa shape index (κ2) is 8.97. The fourth-order valence-electron chi connectivity index (χ4n) is 4.19. The molecule has 3 aliphatic heterocycles. The predicted octanol–water partition coefficient (Wildman–Crippen LogP) is 1.72. The Kier molecular flexibility index (Phi) is 6.97. The Balaban J connectivity index is 1.35. The molecule has 0 bridgehead atoms. The molecule has 0 aromatic carbocycles. The lowest BCUT2D eigenvalue weighted by atomic mass is 9.93. The highest BCUT2D eigenvalue weighted by atomic mass is 127. The molecule has 5 nitrogen and oxygen atoms in total. The summed E-state index contributed by atoms with van der Waals surface area (Å²) in [4.78, 5) is 17.2. The van der Waals surface area contributed by atoms with Gasteiger partial charge in [-0.05, 0) is 51.1 Å². The number of amides is 1. The van der Waals surface area contributed by atoms with E-state index in [2.05, 4.69) is 41.1 Å². The molecule has 3 saturated heterocycles. The molecule has 0 unspecified atom stereocenters. The number of carbonyl (C=O) groups is 1. The number of rotatable bonds is 4. The first kappa shape index (κ1) is 17.9. The summed E-state index contributed by atoms with van der Waals surface area (Å²) < 4.78 is 2.40. The minimum Gasteiger partial charge on any atom is -0.340 e. The van der Waals surface area contributed by atoms with Crippen molar-refractivity contribution in [2.45, 2.75) is 44.6 Å². The van der Waals surface area contributed by atoms with Gasteiger partial charge in [-0.2, -0.15) is 0 Å². The highest BCUT2D eigenvalue weighted by molar-refractivity contribution is 14.1. The van der Waals surface area contributed by atoms with Gasteiger partial charge in [-0.25, -0.2) is 3.11 Å². The average molecular weight is 434 g/mol. The van der Waals surface area contributed by atoms with Crippen molar-refractivity contribution in [3.05, 3.63) is 0 Å². The van der Waals surface area contributed by atoms with Crippen LogP contribution in [0, 0.1) is 5.92 Å². The van der Waals surface area contributed by atoms with Crippen LogP contribution >= 0.6 is 22.9 Å². The SMILES string of the molecule is O=C(CCC1CCNCC1)N1CCN(C2CCN(I)CC2)CC1. The largest absolute Gasteiger partial charge is 0.340 e. The molecule has 1 N–H and O–H groups in total. The van der Waals surface area contributed by atoms with E-state index >= 15 is 0 Å².